The molecule has 0 aromatic heterocycles. The van der Waals surface area contributed by atoms with E-state index in [0.717, 1.165) is 29.9 Å². The number of methoxy groups -OCH3 is 2. The highest BCUT2D eigenvalue weighted by Crippen LogP contribution is 2.33. The Balaban J connectivity index is 2.02. The van der Waals surface area contributed by atoms with Gasteiger partial charge in [-0.2, -0.15) is 0 Å². The molecule has 2 aromatic carbocycles. The van der Waals surface area contributed by atoms with Crippen molar-refractivity contribution in [3.63, 3.8) is 0 Å². The topological polar surface area (TPSA) is 39.7 Å². The molecule has 0 spiro atoms. The second-order valence-electron chi connectivity index (χ2n) is 5.82. The van der Waals surface area contributed by atoms with Crippen LogP contribution in [0.2, 0.25) is 0 Å². The summed E-state index contributed by atoms with van der Waals surface area (Å²) in [5, 5.41) is 3.57. The van der Waals surface area contributed by atoms with Crippen molar-refractivity contribution in [1.82, 2.24) is 5.32 Å². The fourth-order valence-electron chi connectivity index (χ4n) is 3.02. The largest absolute Gasteiger partial charge is 0.497 e. The first-order chi connectivity index (χ1) is 11.7. The molecule has 128 valence electrons. The van der Waals surface area contributed by atoms with Crippen molar-refractivity contribution in [2.75, 3.05) is 27.4 Å². The van der Waals surface area contributed by atoms with Gasteiger partial charge in [0.25, 0.3) is 0 Å². The lowest BCUT2D eigenvalue weighted by Crippen LogP contribution is -2.34. The first-order valence-corrected chi connectivity index (χ1v) is 8.02. The van der Waals surface area contributed by atoms with Crippen LogP contribution in [-0.4, -0.2) is 33.5 Å². The molecule has 1 fully saturated rings. The van der Waals surface area contributed by atoms with Gasteiger partial charge in [-0.3, -0.25) is 0 Å². The molecule has 5 heteroatoms. The summed E-state index contributed by atoms with van der Waals surface area (Å²) in [6.07, 6.45) is 0.929. The van der Waals surface area contributed by atoms with E-state index in [9.17, 15) is 4.39 Å². The number of rotatable bonds is 6. The standard InChI is InChI=1S/C19H22FNO3/c1-22-16-5-3-4-13(10-16)19(21-15-8-9-24-12-15)17-11-14(20)6-7-18(17)23-2/h3-7,10-11,15,19,21H,8-9,12H2,1-2H3/t15-,19+/m0/s1. The Morgan fingerprint density at radius 2 is 2.04 bits per heavy atom. The predicted molar refractivity (Wildman–Crippen MR) is 90.1 cm³/mol. The average molecular weight is 331 g/mol. The molecule has 0 radical (unpaired) electrons. The maximum Gasteiger partial charge on any atom is 0.124 e. The highest BCUT2D eigenvalue weighted by molar-refractivity contribution is 5.44. The van der Waals surface area contributed by atoms with E-state index in [1.807, 2.05) is 24.3 Å². The van der Waals surface area contributed by atoms with Gasteiger partial charge in [0.05, 0.1) is 26.9 Å². The van der Waals surface area contributed by atoms with Gasteiger partial charge in [0.2, 0.25) is 0 Å². The van der Waals surface area contributed by atoms with E-state index in [1.165, 1.54) is 12.1 Å². The van der Waals surface area contributed by atoms with Gasteiger partial charge in [0.1, 0.15) is 17.3 Å². The molecule has 1 aliphatic rings. The van der Waals surface area contributed by atoms with E-state index < -0.39 is 0 Å². The normalized spacial score (nSPS) is 18.4. The van der Waals surface area contributed by atoms with E-state index in [2.05, 4.69) is 5.32 Å². The van der Waals surface area contributed by atoms with Crippen molar-refractivity contribution in [1.29, 1.82) is 0 Å². The van der Waals surface area contributed by atoms with Gasteiger partial charge < -0.3 is 19.5 Å². The molecule has 1 aliphatic heterocycles. The molecule has 3 rings (SSSR count). The first-order valence-electron chi connectivity index (χ1n) is 8.02. The van der Waals surface area contributed by atoms with Gasteiger partial charge in [-0.1, -0.05) is 12.1 Å². The SMILES string of the molecule is COc1cccc([C@@H](N[C@H]2CCOC2)c2cc(F)ccc2OC)c1. The Labute approximate surface area is 141 Å². The fourth-order valence-corrected chi connectivity index (χ4v) is 3.02. The van der Waals surface area contributed by atoms with Crippen LogP contribution in [-0.2, 0) is 4.74 Å². The average Bonchev–Trinajstić information content (AvgIpc) is 3.13. The third-order valence-electron chi connectivity index (χ3n) is 4.26. The zero-order valence-electron chi connectivity index (χ0n) is 13.9. The van der Waals surface area contributed by atoms with Crippen LogP contribution in [0.1, 0.15) is 23.6 Å². The minimum Gasteiger partial charge on any atom is -0.497 e. The van der Waals surface area contributed by atoms with Crippen LogP contribution in [0.3, 0.4) is 0 Å². The molecule has 24 heavy (non-hydrogen) atoms. The summed E-state index contributed by atoms with van der Waals surface area (Å²) in [6, 6.07) is 12.4. The lowest BCUT2D eigenvalue weighted by molar-refractivity contribution is 0.188. The Morgan fingerprint density at radius 1 is 1.17 bits per heavy atom. The number of hydrogen-bond donors (Lipinski definition) is 1. The lowest BCUT2D eigenvalue weighted by Gasteiger charge is -2.25. The van der Waals surface area contributed by atoms with Crippen molar-refractivity contribution in [3.8, 4) is 11.5 Å². The van der Waals surface area contributed by atoms with Crippen molar-refractivity contribution in [2.45, 2.75) is 18.5 Å². The van der Waals surface area contributed by atoms with Crippen LogP contribution < -0.4 is 14.8 Å². The zero-order chi connectivity index (χ0) is 16.9. The number of hydrogen-bond acceptors (Lipinski definition) is 4. The second kappa shape index (κ2) is 7.64. The summed E-state index contributed by atoms with van der Waals surface area (Å²) in [5.41, 5.74) is 1.75. The third-order valence-corrected chi connectivity index (χ3v) is 4.26. The Hall–Kier alpha value is -2.11. The zero-order valence-corrected chi connectivity index (χ0v) is 13.9. The Kier molecular flexibility index (Phi) is 5.33. The second-order valence-corrected chi connectivity index (χ2v) is 5.82. The van der Waals surface area contributed by atoms with Gasteiger partial charge in [0, 0.05) is 18.2 Å². The van der Waals surface area contributed by atoms with Crippen molar-refractivity contribution < 1.29 is 18.6 Å². The highest BCUT2D eigenvalue weighted by Gasteiger charge is 2.25. The summed E-state index contributed by atoms with van der Waals surface area (Å²) in [5.74, 6) is 1.12. The van der Waals surface area contributed by atoms with Crippen molar-refractivity contribution in [3.05, 3.63) is 59.4 Å². The molecule has 0 bridgehead atoms. The van der Waals surface area contributed by atoms with Crippen LogP contribution in [0.4, 0.5) is 4.39 Å². The Morgan fingerprint density at radius 3 is 2.75 bits per heavy atom. The van der Waals surface area contributed by atoms with E-state index in [-0.39, 0.29) is 17.9 Å². The van der Waals surface area contributed by atoms with E-state index >= 15 is 0 Å². The van der Waals surface area contributed by atoms with Gasteiger partial charge >= 0.3 is 0 Å². The van der Waals surface area contributed by atoms with Crippen LogP contribution in [0.5, 0.6) is 11.5 Å². The van der Waals surface area contributed by atoms with Crippen LogP contribution >= 0.6 is 0 Å². The molecule has 2 atom stereocenters. The number of benzene rings is 2. The van der Waals surface area contributed by atoms with Crippen LogP contribution in [0.25, 0.3) is 0 Å². The predicted octanol–water partition coefficient (Wildman–Crippen LogP) is 3.31. The number of nitrogens with one attached hydrogen (secondary N) is 1. The van der Waals surface area contributed by atoms with E-state index in [0.29, 0.717) is 12.4 Å². The molecule has 1 N–H and O–H groups in total. The summed E-state index contributed by atoms with van der Waals surface area (Å²) in [6.45, 7) is 1.39. The monoisotopic (exact) mass is 331 g/mol. The van der Waals surface area contributed by atoms with Crippen molar-refractivity contribution >= 4 is 0 Å². The summed E-state index contributed by atoms with van der Waals surface area (Å²) >= 11 is 0. The molecular weight excluding hydrogens is 309 g/mol. The van der Waals surface area contributed by atoms with Crippen LogP contribution in [0, 0.1) is 5.82 Å². The molecule has 1 heterocycles. The molecule has 0 unspecified atom stereocenters. The van der Waals surface area contributed by atoms with Crippen molar-refractivity contribution in [2.24, 2.45) is 0 Å². The van der Waals surface area contributed by atoms with Gasteiger partial charge in [0.15, 0.2) is 0 Å². The minimum absolute atomic E-state index is 0.211. The quantitative estimate of drug-likeness (QED) is 0.881. The maximum atomic E-state index is 13.9. The maximum absolute atomic E-state index is 13.9. The molecule has 1 saturated heterocycles. The molecule has 0 saturated carbocycles. The third kappa shape index (κ3) is 3.68. The van der Waals surface area contributed by atoms with E-state index in [4.69, 9.17) is 14.2 Å². The lowest BCUT2D eigenvalue weighted by atomic mass is 9.96. The summed E-state index contributed by atoms with van der Waals surface area (Å²) in [7, 11) is 3.23. The first kappa shape index (κ1) is 16.7. The minimum atomic E-state index is -0.289. The molecule has 2 aromatic rings. The molecule has 0 amide bonds. The van der Waals surface area contributed by atoms with E-state index in [1.54, 1.807) is 20.3 Å². The Bertz CT molecular complexity index is 686. The summed E-state index contributed by atoms with van der Waals surface area (Å²) < 4.78 is 30.1. The number of ether oxygens (including phenoxy) is 3. The molecule has 4 nitrogen and oxygen atoms in total. The van der Waals surface area contributed by atoms with Gasteiger partial charge in [-0.15, -0.1) is 0 Å². The fraction of sp³-hybridized carbons (Fsp3) is 0.368. The smallest absolute Gasteiger partial charge is 0.124 e. The summed E-state index contributed by atoms with van der Waals surface area (Å²) in [4.78, 5) is 0. The van der Waals surface area contributed by atoms with Gasteiger partial charge in [-0.25, -0.2) is 4.39 Å². The van der Waals surface area contributed by atoms with Crippen LogP contribution in [0.15, 0.2) is 42.5 Å². The van der Waals surface area contributed by atoms with Gasteiger partial charge in [-0.05, 0) is 42.3 Å². The molecule has 0 aliphatic carbocycles. The molecular formula is C19H22FNO3. The number of halogens is 1. The highest BCUT2D eigenvalue weighted by atomic mass is 19.1.